The molecule has 1 unspecified atom stereocenters. The SMILES string of the molecule is CCCCC1OC(=O)c2cccc(c2)C(=O)OC1(O)O. The molecule has 0 saturated carbocycles. The van der Waals surface area contributed by atoms with Gasteiger partial charge in [-0.3, -0.25) is 0 Å². The van der Waals surface area contributed by atoms with E-state index in [1.807, 2.05) is 6.92 Å². The highest BCUT2D eigenvalue weighted by atomic mass is 16.8. The lowest BCUT2D eigenvalue weighted by atomic mass is 10.1. The molecule has 2 N–H and O–H groups in total. The number of aliphatic hydroxyl groups is 2. The van der Waals surface area contributed by atoms with Gasteiger partial charge in [-0.2, -0.15) is 0 Å². The molecular formula is C14H16O6. The smallest absolute Gasteiger partial charge is 0.363 e. The number of rotatable bonds is 3. The van der Waals surface area contributed by atoms with Crippen LogP contribution in [0.2, 0.25) is 0 Å². The fraction of sp³-hybridized carbons (Fsp3) is 0.429. The van der Waals surface area contributed by atoms with E-state index in [2.05, 4.69) is 4.74 Å². The molecule has 0 aliphatic carbocycles. The largest absolute Gasteiger partial charge is 0.449 e. The van der Waals surface area contributed by atoms with Gasteiger partial charge in [0, 0.05) is 0 Å². The molecule has 2 bridgehead atoms. The Morgan fingerprint density at radius 3 is 2.50 bits per heavy atom. The van der Waals surface area contributed by atoms with E-state index < -0.39 is 24.0 Å². The van der Waals surface area contributed by atoms with Crippen molar-refractivity contribution in [3.8, 4) is 0 Å². The van der Waals surface area contributed by atoms with Crippen LogP contribution in [-0.4, -0.2) is 34.2 Å². The van der Waals surface area contributed by atoms with Gasteiger partial charge in [-0.25, -0.2) is 9.59 Å². The van der Waals surface area contributed by atoms with Crippen molar-refractivity contribution in [1.29, 1.82) is 0 Å². The van der Waals surface area contributed by atoms with Crippen LogP contribution in [0.5, 0.6) is 0 Å². The van der Waals surface area contributed by atoms with E-state index >= 15 is 0 Å². The lowest BCUT2D eigenvalue weighted by molar-refractivity contribution is -0.349. The molecular weight excluding hydrogens is 264 g/mol. The summed E-state index contributed by atoms with van der Waals surface area (Å²) in [6.07, 6.45) is 0.216. The van der Waals surface area contributed by atoms with Crippen LogP contribution in [0.15, 0.2) is 24.3 Å². The molecule has 1 aliphatic heterocycles. The molecule has 1 heterocycles. The van der Waals surface area contributed by atoms with E-state index in [0.717, 1.165) is 6.42 Å². The van der Waals surface area contributed by atoms with Crippen molar-refractivity contribution >= 4 is 11.9 Å². The standard InChI is InChI=1S/C14H16O6/c1-2-3-7-11-14(17,18)20-13(16)10-6-4-5-9(8-10)12(15)19-11/h4-6,8,11,17-18H,2-3,7H2,1H3. The second-order valence-corrected chi connectivity index (χ2v) is 4.67. The van der Waals surface area contributed by atoms with Gasteiger partial charge in [0.05, 0.1) is 11.1 Å². The number of carbonyl (C=O) groups excluding carboxylic acids is 2. The lowest BCUT2D eigenvalue weighted by Gasteiger charge is -2.28. The number of fused-ring (bicyclic) bond motifs is 2. The molecule has 2 rings (SSSR count). The number of benzene rings is 1. The van der Waals surface area contributed by atoms with Gasteiger partial charge in [0.2, 0.25) is 0 Å². The molecule has 1 aromatic rings. The van der Waals surface area contributed by atoms with E-state index in [9.17, 15) is 19.8 Å². The van der Waals surface area contributed by atoms with Gasteiger partial charge in [-0.15, -0.1) is 0 Å². The predicted molar refractivity (Wildman–Crippen MR) is 67.8 cm³/mol. The minimum atomic E-state index is -2.84. The van der Waals surface area contributed by atoms with E-state index in [-0.39, 0.29) is 17.5 Å². The summed E-state index contributed by atoms with van der Waals surface area (Å²) in [4.78, 5) is 23.8. The maximum atomic E-state index is 11.9. The Morgan fingerprint density at radius 1 is 1.20 bits per heavy atom. The Labute approximate surface area is 115 Å². The van der Waals surface area contributed by atoms with E-state index in [1.165, 1.54) is 24.3 Å². The number of esters is 2. The van der Waals surface area contributed by atoms with Crippen LogP contribution < -0.4 is 0 Å². The van der Waals surface area contributed by atoms with Crippen LogP contribution in [-0.2, 0) is 9.47 Å². The average molecular weight is 280 g/mol. The van der Waals surface area contributed by atoms with Crippen molar-refractivity contribution in [2.24, 2.45) is 0 Å². The number of ether oxygens (including phenoxy) is 2. The molecule has 1 atom stereocenters. The van der Waals surface area contributed by atoms with Crippen LogP contribution in [0, 0.1) is 0 Å². The minimum Gasteiger partial charge on any atom is -0.449 e. The maximum absolute atomic E-state index is 11.9. The first-order valence-corrected chi connectivity index (χ1v) is 6.43. The van der Waals surface area contributed by atoms with Crippen LogP contribution in [0.1, 0.15) is 46.9 Å². The summed E-state index contributed by atoms with van der Waals surface area (Å²) in [6, 6.07) is 5.69. The minimum absolute atomic E-state index is 0.0584. The van der Waals surface area contributed by atoms with Crippen molar-refractivity contribution < 1.29 is 29.3 Å². The molecule has 1 aromatic carbocycles. The molecule has 0 amide bonds. The molecule has 6 heteroatoms. The van der Waals surface area contributed by atoms with Gasteiger partial charge in [0.15, 0.2) is 6.10 Å². The van der Waals surface area contributed by atoms with Crippen molar-refractivity contribution in [2.45, 2.75) is 38.3 Å². The Hall–Kier alpha value is -1.92. The fourth-order valence-corrected chi connectivity index (χ4v) is 1.94. The third kappa shape index (κ3) is 2.97. The number of cyclic esters (lactones) is 2. The zero-order chi connectivity index (χ0) is 14.8. The highest BCUT2D eigenvalue weighted by molar-refractivity contribution is 5.95. The Morgan fingerprint density at radius 2 is 1.85 bits per heavy atom. The molecule has 108 valence electrons. The second-order valence-electron chi connectivity index (χ2n) is 4.67. The molecule has 0 fully saturated rings. The molecule has 6 nitrogen and oxygen atoms in total. The number of unbranched alkanes of at least 4 members (excludes halogenated alkanes) is 1. The van der Waals surface area contributed by atoms with Crippen molar-refractivity contribution in [1.82, 2.24) is 0 Å². The summed E-state index contributed by atoms with van der Waals surface area (Å²) in [5.41, 5.74) is 0.224. The van der Waals surface area contributed by atoms with E-state index in [0.29, 0.717) is 6.42 Å². The molecule has 1 aliphatic rings. The van der Waals surface area contributed by atoms with Gasteiger partial charge >= 0.3 is 17.9 Å². The van der Waals surface area contributed by atoms with Crippen LogP contribution >= 0.6 is 0 Å². The van der Waals surface area contributed by atoms with Gasteiger partial charge in [-0.05, 0) is 31.0 Å². The van der Waals surface area contributed by atoms with Crippen molar-refractivity contribution in [3.63, 3.8) is 0 Å². The maximum Gasteiger partial charge on any atom is 0.363 e. The quantitative estimate of drug-likeness (QED) is 0.638. The van der Waals surface area contributed by atoms with Gasteiger partial charge < -0.3 is 19.7 Å². The third-order valence-electron chi connectivity index (χ3n) is 3.07. The average Bonchev–Trinajstić information content (AvgIpc) is 2.43. The number of hydrogen-bond donors (Lipinski definition) is 2. The molecule has 0 radical (unpaired) electrons. The first-order valence-electron chi connectivity index (χ1n) is 6.43. The predicted octanol–water partition coefficient (Wildman–Crippen LogP) is 1.21. The van der Waals surface area contributed by atoms with E-state index in [4.69, 9.17) is 4.74 Å². The molecule has 20 heavy (non-hydrogen) atoms. The van der Waals surface area contributed by atoms with Crippen LogP contribution in [0.25, 0.3) is 0 Å². The Balaban J connectivity index is 2.36. The van der Waals surface area contributed by atoms with E-state index in [1.54, 1.807) is 0 Å². The zero-order valence-corrected chi connectivity index (χ0v) is 11.0. The van der Waals surface area contributed by atoms with Crippen molar-refractivity contribution in [3.05, 3.63) is 35.4 Å². The Bertz CT molecular complexity index is 522. The highest BCUT2D eigenvalue weighted by Gasteiger charge is 2.43. The first kappa shape index (κ1) is 14.5. The van der Waals surface area contributed by atoms with Crippen molar-refractivity contribution in [2.75, 3.05) is 0 Å². The number of carbonyl (C=O) groups is 2. The summed E-state index contributed by atoms with van der Waals surface area (Å²) < 4.78 is 9.71. The monoisotopic (exact) mass is 280 g/mol. The Kier molecular flexibility index (Phi) is 4.06. The fourth-order valence-electron chi connectivity index (χ4n) is 1.94. The summed E-state index contributed by atoms with van der Waals surface area (Å²) >= 11 is 0. The highest BCUT2D eigenvalue weighted by Crippen LogP contribution is 2.24. The first-order chi connectivity index (χ1) is 9.44. The number of hydrogen-bond acceptors (Lipinski definition) is 6. The van der Waals surface area contributed by atoms with Crippen LogP contribution in [0.3, 0.4) is 0 Å². The van der Waals surface area contributed by atoms with Crippen LogP contribution in [0.4, 0.5) is 0 Å². The summed E-state index contributed by atoms with van der Waals surface area (Å²) in [5.74, 6) is -4.48. The topological polar surface area (TPSA) is 93.1 Å². The zero-order valence-electron chi connectivity index (χ0n) is 11.0. The lowest BCUT2D eigenvalue weighted by Crippen LogP contribution is -2.48. The van der Waals surface area contributed by atoms with Gasteiger partial charge in [0.1, 0.15) is 0 Å². The summed E-state index contributed by atoms with van der Waals surface area (Å²) in [5, 5.41) is 19.7. The molecule has 0 spiro atoms. The normalized spacial score (nSPS) is 21.2. The van der Waals surface area contributed by atoms with Gasteiger partial charge in [-0.1, -0.05) is 19.4 Å². The summed E-state index contributed by atoms with van der Waals surface area (Å²) in [7, 11) is 0. The van der Waals surface area contributed by atoms with Gasteiger partial charge in [0.25, 0.3) is 0 Å². The summed E-state index contributed by atoms with van der Waals surface area (Å²) in [6.45, 7) is 1.91. The second kappa shape index (κ2) is 5.60. The molecule has 0 aromatic heterocycles. The molecule has 0 saturated heterocycles. The third-order valence-corrected chi connectivity index (χ3v) is 3.07.